The highest BCUT2D eigenvalue weighted by atomic mass is 16.5. The number of benzene rings is 1. The summed E-state index contributed by atoms with van der Waals surface area (Å²) in [6.45, 7) is 0.191. The minimum atomic E-state index is 0.191. The van der Waals surface area contributed by atoms with Crippen molar-refractivity contribution >= 4 is 16.9 Å². The van der Waals surface area contributed by atoms with Crippen molar-refractivity contribution < 1.29 is 13.9 Å². The Balaban J connectivity index is 1.79. The number of ether oxygens (including phenoxy) is 2. The lowest BCUT2D eigenvalue weighted by molar-refractivity contribution is 0.253. The molecule has 20 heavy (non-hydrogen) atoms. The molecular formula is C14H13N3O3. The van der Waals surface area contributed by atoms with E-state index in [1.165, 1.54) is 6.20 Å². The van der Waals surface area contributed by atoms with Crippen LogP contribution in [-0.4, -0.2) is 17.1 Å². The van der Waals surface area contributed by atoms with Crippen LogP contribution in [0.3, 0.4) is 0 Å². The maximum absolute atomic E-state index is 5.64. The Morgan fingerprint density at radius 2 is 2.05 bits per heavy atom. The van der Waals surface area contributed by atoms with Gasteiger partial charge in [-0.1, -0.05) is 12.1 Å². The highest BCUT2D eigenvalue weighted by Gasteiger charge is 2.09. The number of hydrogen-bond donors (Lipinski definition) is 1. The second-order valence-corrected chi connectivity index (χ2v) is 4.14. The van der Waals surface area contributed by atoms with Crippen molar-refractivity contribution in [3.63, 3.8) is 0 Å². The summed E-state index contributed by atoms with van der Waals surface area (Å²) in [5, 5.41) is 0. The summed E-state index contributed by atoms with van der Waals surface area (Å²) in [5.74, 6) is 1.72. The summed E-state index contributed by atoms with van der Waals surface area (Å²) in [7, 11) is 1.59. The van der Waals surface area contributed by atoms with E-state index >= 15 is 0 Å². The molecule has 0 aliphatic carbocycles. The first kappa shape index (κ1) is 12.3. The molecule has 0 amide bonds. The van der Waals surface area contributed by atoms with Gasteiger partial charge in [-0.2, -0.15) is 0 Å². The average molecular weight is 271 g/mol. The quantitative estimate of drug-likeness (QED) is 0.784. The minimum Gasteiger partial charge on any atom is -0.493 e. The number of para-hydroxylation sites is 2. The van der Waals surface area contributed by atoms with Crippen LogP contribution < -0.4 is 15.2 Å². The number of nitrogens with two attached hydrogens (primary N) is 1. The van der Waals surface area contributed by atoms with Gasteiger partial charge < -0.3 is 19.6 Å². The third-order valence-electron chi connectivity index (χ3n) is 2.73. The van der Waals surface area contributed by atoms with Crippen LogP contribution in [0, 0.1) is 0 Å². The van der Waals surface area contributed by atoms with Crippen LogP contribution >= 0.6 is 0 Å². The van der Waals surface area contributed by atoms with Crippen molar-refractivity contribution in [1.82, 2.24) is 9.97 Å². The van der Waals surface area contributed by atoms with Crippen LogP contribution in [-0.2, 0) is 6.61 Å². The summed E-state index contributed by atoms with van der Waals surface area (Å²) >= 11 is 0. The van der Waals surface area contributed by atoms with E-state index in [-0.39, 0.29) is 6.61 Å². The molecule has 0 atom stereocenters. The topological polar surface area (TPSA) is 83.4 Å². The Morgan fingerprint density at radius 3 is 2.85 bits per heavy atom. The second-order valence-electron chi connectivity index (χ2n) is 4.14. The molecule has 0 fully saturated rings. The Kier molecular flexibility index (Phi) is 3.12. The molecule has 3 rings (SSSR count). The number of aromatic nitrogens is 2. The number of oxazole rings is 1. The lowest BCUT2D eigenvalue weighted by atomic mass is 10.3. The third-order valence-corrected chi connectivity index (χ3v) is 2.73. The Hall–Kier alpha value is -2.76. The number of rotatable bonds is 4. The van der Waals surface area contributed by atoms with Crippen LogP contribution in [0.1, 0.15) is 5.89 Å². The molecule has 0 spiro atoms. The number of pyridine rings is 1. The fraction of sp³-hybridized carbons (Fsp3) is 0.143. The summed E-state index contributed by atoms with van der Waals surface area (Å²) in [4.78, 5) is 8.32. The molecule has 1 aromatic carbocycles. The molecule has 0 radical (unpaired) electrons. The smallest absolute Gasteiger partial charge is 0.247 e. The minimum absolute atomic E-state index is 0.191. The molecule has 6 heteroatoms. The predicted molar refractivity (Wildman–Crippen MR) is 73.5 cm³/mol. The maximum Gasteiger partial charge on any atom is 0.247 e. The van der Waals surface area contributed by atoms with Crippen molar-refractivity contribution in [3.8, 4) is 11.5 Å². The van der Waals surface area contributed by atoms with E-state index in [9.17, 15) is 0 Å². The van der Waals surface area contributed by atoms with E-state index in [4.69, 9.17) is 19.6 Å². The van der Waals surface area contributed by atoms with Crippen molar-refractivity contribution in [2.24, 2.45) is 0 Å². The zero-order chi connectivity index (χ0) is 13.9. The fourth-order valence-corrected chi connectivity index (χ4v) is 1.82. The third kappa shape index (κ3) is 2.35. The Labute approximate surface area is 115 Å². The Morgan fingerprint density at radius 1 is 1.25 bits per heavy atom. The van der Waals surface area contributed by atoms with Crippen LogP contribution in [0.15, 0.2) is 40.9 Å². The number of hydrogen-bond acceptors (Lipinski definition) is 6. The number of fused-ring (bicyclic) bond motifs is 1. The van der Waals surface area contributed by atoms with Crippen LogP contribution in [0.5, 0.6) is 11.5 Å². The van der Waals surface area contributed by atoms with Gasteiger partial charge in [0, 0.05) is 0 Å². The molecule has 6 nitrogen and oxygen atoms in total. The Bertz CT molecular complexity index is 739. The van der Waals surface area contributed by atoms with E-state index in [1.54, 1.807) is 13.2 Å². The first-order chi connectivity index (χ1) is 9.76. The summed E-state index contributed by atoms with van der Waals surface area (Å²) in [6, 6.07) is 9.09. The molecule has 2 N–H and O–H groups in total. The lowest BCUT2D eigenvalue weighted by Crippen LogP contribution is -1.97. The molecule has 0 bridgehead atoms. The summed E-state index contributed by atoms with van der Waals surface area (Å²) in [6.07, 6.45) is 1.53. The van der Waals surface area contributed by atoms with Crippen LogP contribution in [0.4, 0.5) is 5.69 Å². The van der Waals surface area contributed by atoms with Gasteiger partial charge >= 0.3 is 0 Å². The van der Waals surface area contributed by atoms with E-state index in [1.807, 2.05) is 24.3 Å². The number of nitrogens with zero attached hydrogens (tertiary/aromatic N) is 2. The molecule has 0 aliphatic rings. The SMILES string of the molecule is COc1ccccc1OCc1nc2cc(N)cnc2o1. The van der Waals surface area contributed by atoms with Crippen molar-refractivity contribution in [3.05, 3.63) is 42.4 Å². The lowest BCUT2D eigenvalue weighted by Gasteiger charge is -2.08. The van der Waals surface area contributed by atoms with E-state index in [0.29, 0.717) is 34.3 Å². The van der Waals surface area contributed by atoms with Gasteiger partial charge in [-0.05, 0) is 18.2 Å². The van der Waals surface area contributed by atoms with Crippen molar-refractivity contribution in [2.75, 3.05) is 12.8 Å². The zero-order valence-corrected chi connectivity index (χ0v) is 10.9. The predicted octanol–water partition coefficient (Wildman–Crippen LogP) is 2.39. The van der Waals surface area contributed by atoms with Gasteiger partial charge in [0.25, 0.3) is 0 Å². The molecular weight excluding hydrogens is 258 g/mol. The van der Waals surface area contributed by atoms with Gasteiger partial charge in [0.2, 0.25) is 11.6 Å². The molecule has 3 aromatic rings. The molecule has 0 aliphatic heterocycles. The van der Waals surface area contributed by atoms with Gasteiger partial charge in [-0.3, -0.25) is 0 Å². The van der Waals surface area contributed by atoms with E-state index in [0.717, 1.165) is 0 Å². The van der Waals surface area contributed by atoms with E-state index < -0.39 is 0 Å². The molecule has 2 heterocycles. The molecule has 102 valence electrons. The fourth-order valence-electron chi connectivity index (χ4n) is 1.82. The highest BCUT2D eigenvalue weighted by Crippen LogP contribution is 2.27. The first-order valence-corrected chi connectivity index (χ1v) is 6.03. The van der Waals surface area contributed by atoms with Gasteiger partial charge in [0.05, 0.1) is 19.0 Å². The van der Waals surface area contributed by atoms with Gasteiger partial charge in [0.1, 0.15) is 5.52 Å². The standard InChI is InChI=1S/C14H13N3O3/c1-18-11-4-2-3-5-12(11)19-8-13-17-10-6-9(15)7-16-14(10)20-13/h2-7H,8,15H2,1H3. The molecule has 0 unspecified atom stereocenters. The van der Waals surface area contributed by atoms with E-state index in [2.05, 4.69) is 9.97 Å². The first-order valence-electron chi connectivity index (χ1n) is 6.03. The van der Waals surface area contributed by atoms with Gasteiger partial charge in [-0.15, -0.1) is 0 Å². The number of anilines is 1. The summed E-state index contributed by atoms with van der Waals surface area (Å²) in [5.41, 5.74) is 7.25. The van der Waals surface area contributed by atoms with Crippen LogP contribution in [0.25, 0.3) is 11.2 Å². The molecule has 2 aromatic heterocycles. The molecule has 0 saturated carbocycles. The average Bonchev–Trinajstić information content (AvgIpc) is 2.87. The van der Waals surface area contributed by atoms with Crippen molar-refractivity contribution in [1.29, 1.82) is 0 Å². The number of nitrogen functional groups attached to an aromatic ring is 1. The largest absolute Gasteiger partial charge is 0.493 e. The van der Waals surface area contributed by atoms with Gasteiger partial charge in [0.15, 0.2) is 18.1 Å². The number of methoxy groups -OCH3 is 1. The zero-order valence-electron chi connectivity index (χ0n) is 10.9. The highest BCUT2D eigenvalue weighted by molar-refractivity contribution is 5.71. The van der Waals surface area contributed by atoms with Gasteiger partial charge in [-0.25, -0.2) is 9.97 Å². The summed E-state index contributed by atoms with van der Waals surface area (Å²) < 4.78 is 16.3. The van der Waals surface area contributed by atoms with Crippen LogP contribution in [0.2, 0.25) is 0 Å². The maximum atomic E-state index is 5.64. The van der Waals surface area contributed by atoms with Crippen molar-refractivity contribution in [2.45, 2.75) is 6.61 Å². The molecule has 0 saturated heterocycles. The normalized spacial score (nSPS) is 10.7. The second kappa shape index (κ2) is 5.08. The monoisotopic (exact) mass is 271 g/mol.